The predicted octanol–water partition coefficient (Wildman–Crippen LogP) is 2.23. The zero-order valence-electron chi connectivity index (χ0n) is 11.9. The largest absolute Gasteiger partial charge is 0.507 e. The average Bonchev–Trinajstić information content (AvgIpc) is 2.95. The average molecular weight is 282 g/mol. The maximum Gasteiger partial charge on any atom is 0.255 e. The Morgan fingerprint density at radius 1 is 1.24 bits per heavy atom. The van der Waals surface area contributed by atoms with Crippen molar-refractivity contribution in [1.29, 1.82) is 0 Å². The number of carbonyl (C=O) groups is 1. The minimum atomic E-state index is -0.255. The Morgan fingerprint density at radius 3 is 2.90 bits per heavy atom. The molecule has 1 aliphatic heterocycles. The summed E-state index contributed by atoms with van der Waals surface area (Å²) < 4.78 is 0. The van der Waals surface area contributed by atoms with E-state index in [9.17, 15) is 9.90 Å². The molecule has 0 aliphatic carbocycles. The van der Waals surface area contributed by atoms with Gasteiger partial charge in [-0.3, -0.25) is 4.79 Å². The minimum Gasteiger partial charge on any atom is -0.507 e. The molecule has 1 heterocycles. The van der Waals surface area contributed by atoms with Crippen LogP contribution in [-0.4, -0.2) is 11.0 Å². The lowest BCUT2D eigenvalue weighted by molar-refractivity contribution is 0.0948. The van der Waals surface area contributed by atoms with Gasteiger partial charge in [-0.25, -0.2) is 0 Å². The first-order valence-corrected chi connectivity index (χ1v) is 7.03. The number of hydrogen-bond acceptors (Lipinski definition) is 3. The summed E-state index contributed by atoms with van der Waals surface area (Å²) >= 11 is 0. The van der Waals surface area contributed by atoms with Crippen LogP contribution in [0.2, 0.25) is 0 Å². The third kappa shape index (κ3) is 2.76. The molecule has 0 radical (unpaired) electrons. The van der Waals surface area contributed by atoms with Crippen molar-refractivity contribution in [3.8, 4) is 5.75 Å². The van der Waals surface area contributed by atoms with Crippen molar-refractivity contribution in [2.75, 3.05) is 0 Å². The van der Waals surface area contributed by atoms with Crippen LogP contribution in [0.4, 0.5) is 0 Å². The molecule has 108 valence electrons. The van der Waals surface area contributed by atoms with Gasteiger partial charge in [0.2, 0.25) is 0 Å². The van der Waals surface area contributed by atoms with E-state index in [2.05, 4.69) is 22.8 Å². The van der Waals surface area contributed by atoms with Crippen LogP contribution in [0.25, 0.3) is 0 Å². The molecule has 0 spiro atoms. The van der Waals surface area contributed by atoms with Crippen molar-refractivity contribution in [1.82, 2.24) is 10.6 Å². The number of fused-ring (bicyclic) bond motifs is 1. The summed E-state index contributed by atoms with van der Waals surface area (Å²) in [4.78, 5) is 12.1. The number of rotatable bonds is 3. The highest BCUT2D eigenvalue weighted by molar-refractivity contribution is 5.97. The first kappa shape index (κ1) is 13.6. The fourth-order valence-corrected chi connectivity index (χ4v) is 2.58. The van der Waals surface area contributed by atoms with Crippen LogP contribution in [0.1, 0.15) is 32.6 Å². The Kier molecular flexibility index (Phi) is 3.62. The number of aromatic hydroxyl groups is 1. The van der Waals surface area contributed by atoms with Gasteiger partial charge >= 0.3 is 0 Å². The number of para-hydroxylation sites is 1. The van der Waals surface area contributed by atoms with Gasteiger partial charge in [0.15, 0.2) is 0 Å². The zero-order valence-corrected chi connectivity index (χ0v) is 11.9. The lowest BCUT2D eigenvalue weighted by atomic mass is 10.1. The Morgan fingerprint density at radius 2 is 2.05 bits per heavy atom. The molecule has 0 saturated carbocycles. The van der Waals surface area contributed by atoms with E-state index >= 15 is 0 Å². The molecular formula is C17H18N2O2. The molecule has 3 N–H and O–H groups in total. The van der Waals surface area contributed by atoms with Gasteiger partial charge in [0, 0.05) is 19.6 Å². The first-order chi connectivity index (χ1) is 10.1. The van der Waals surface area contributed by atoms with E-state index in [-0.39, 0.29) is 11.7 Å². The van der Waals surface area contributed by atoms with Crippen LogP contribution in [0.15, 0.2) is 36.4 Å². The maximum atomic E-state index is 12.1. The van der Waals surface area contributed by atoms with Crippen molar-refractivity contribution in [2.24, 2.45) is 0 Å². The number of nitrogens with one attached hydrogen (secondary N) is 2. The summed E-state index contributed by atoms with van der Waals surface area (Å²) in [5.74, 6) is -0.206. The van der Waals surface area contributed by atoms with Crippen LogP contribution in [-0.2, 0) is 19.6 Å². The van der Waals surface area contributed by atoms with E-state index in [0.29, 0.717) is 17.7 Å². The van der Waals surface area contributed by atoms with Crippen molar-refractivity contribution < 1.29 is 9.90 Å². The molecule has 0 saturated heterocycles. The molecule has 4 heteroatoms. The molecule has 0 bridgehead atoms. The van der Waals surface area contributed by atoms with Crippen molar-refractivity contribution in [2.45, 2.75) is 26.6 Å². The summed E-state index contributed by atoms with van der Waals surface area (Å²) in [7, 11) is 0. The van der Waals surface area contributed by atoms with Crippen LogP contribution in [0.5, 0.6) is 5.75 Å². The van der Waals surface area contributed by atoms with Gasteiger partial charge in [-0.1, -0.05) is 30.3 Å². The molecule has 1 amide bonds. The molecule has 3 rings (SSSR count). The molecule has 21 heavy (non-hydrogen) atoms. The fraction of sp³-hybridized carbons (Fsp3) is 0.235. The Bertz CT molecular complexity index is 695. The van der Waals surface area contributed by atoms with E-state index in [1.807, 2.05) is 6.07 Å². The Balaban J connectivity index is 1.70. The molecule has 0 aromatic heterocycles. The van der Waals surface area contributed by atoms with Gasteiger partial charge in [-0.15, -0.1) is 0 Å². The predicted molar refractivity (Wildman–Crippen MR) is 81.0 cm³/mol. The van der Waals surface area contributed by atoms with Gasteiger partial charge in [0.25, 0.3) is 5.91 Å². The van der Waals surface area contributed by atoms with Gasteiger partial charge < -0.3 is 15.7 Å². The van der Waals surface area contributed by atoms with Gasteiger partial charge in [0.1, 0.15) is 5.75 Å². The van der Waals surface area contributed by atoms with E-state index in [0.717, 1.165) is 18.7 Å². The number of amides is 1. The first-order valence-electron chi connectivity index (χ1n) is 7.03. The highest BCUT2D eigenvalue weighted by Gasteiger charge is 2.13. The maximum absolute atomic E-state index is 12.1. The van der Waals surface area contributed by atoms with E-state index < -0.39 is 0 Å². The lowest BCUT2D eigenvalue weighted by Crippen LogP contribution is -2.23. The minimum absolute atomic E-state index is 0.0492. The van der Waals surface area contributed by atoms with Crippen LogP contribution >= 0.6 is 0 Å². The zero-order chi connectivity index (χ0) is 14.8. The molecule has 1 aliphatic rings. The van der Waals surface area contributed by atoms with Crippen molar-refractivity contribution in [3.05, 3.63) is 64.2 Å². The van der Waals surface area contributed by atoms with Gasteiger partial charge in [-0.2, -0.15) is 0 Å². The second-order valence-corrected chi connectivity index (χ2v) is 5.36. The second-order valence-electron chi connectivity index (χ2n) is 5.36. The third-order valence-corrected chi connectivity index (χ3v) is 3.84. The summed E-state index contributed by atoms with van der Waals surface area (Å²) in [6.45, 7) is 4.04. The molecule has 2 aromatic rings. The summed E-state index contributed by atoms with van der Waals surface area (Å²) in [6, 6.07) is 11.4. The molecule has 0 unspecified atom stereocenters. The number of phenolic OH excluding ortho intramolecular Hbond substituents is 1. The van der Waals surface area contributed by atoms with E-state index in [1.54, 1.807) is 25.1 Å². The molecule has 2 aromatic carbocycles. The Hall–Kier alpha value is -2.33. The van der Waals surface area contributed by atoms with Crippen LogP contribution in [0.3, 0.4) is 0 Å². The topological polar surface area (TPSA) is 61.4 Å². The Labute approximate surface area is 123 Å². The summed E-state index contributed by atoms with van der Waals surface area (Å²) in [6.07, 6.45) is 0. The van der Waals surface area contributed by atoms with Gasteiger partial charge in [0.05, 0.1) is 5.56 Å². The van der Waals surface area contributed by atoms with E-state index in [1.165, 1.54) is 11.1 Å². The lowest BCUT2D eigenvalue weighted by Gasteiger charge is -2.09. The highest BCUT2D eigenvalue weighted by Crippen LogP contribution is 2.21. The fourth-order valence-electron chi connectivity index (χ4n) is 2.58. The normalized spacial score (nSPS) is 13.0. The molecule has 0 fully saturated rings. The monoisotopic (exact) mass is 282 g/mol. The summed E-state index contributed by atoms with van der Waals surface area (Å²) in [5.41, 5.74) is 4.70. The third-order valence-electron chi connectivity index (χ3n) is 3.84. The number of carbonyl (C=O) groups excluding carboxylic acids is 1. The van der Waals surface area contributed by atoms with Crippen LogP contribution < -0.4 is 10.6 Å². The number of phenols is 1. The van der Waals surface area contributed by atoms with Crippen molar-refractivity contribution >= 4 is 5.91 Å². The summed E-state index contributed by atoms with van der Waals surface area (Å²) in [5, 5.41) is 16.1. The van der Waals surface area contributed by atoms with Crippen LogP contribution in [0, 0.1) is 6.92 Å². The number of aryl methyl sites for hydroxylation is 1. The number of benzene rings is 2. The second kappa shape index (κ2) is 5.58. The molecule has 0 atom stereocenters. The quantitative estimate of drug-likeness (QED) is 0.809. The van der Waals surface area contributed by atoms with Crippen molar-refractivity contribution in [3.63, 3.8) is 0 Å². The molecular weight excluding hydrogens is 264 g/mol. The smallest absolute Gasteiger partial charge is 0.255 e. The van der Waals surface area contributed by atoms with E-state index in [4.69, 9.17) is 0 Å². The SMILES string of the molecule is Cc1cccc(C(=O)NCc2ccc3c(c2)CNC3)c1O. The highest BCUT2D eigenvalue weighted by atomic mass is 16.3. The van der Waals surface area contributed by atoms with Gasteiger partial charge in [-0.05, 0) is 35.2 Å². The standard InChI is InChI=1S/C17H18N2O2/c1-11-3-2-4-15(16(11)20)17(21)19-8-12-5-6-13-9-18-10-14(13)7-12/h2-7,18,20H,8-10H2,1H3,(H,19,21). The molecule has 4 nitrogen and oxygen atoms in total. The number of hydrogen-bond donors (Lipinski definition) is 3.